The van der Waals surface area contributed by atoms with Crippen LogP contribution in [0.2, 0.25) is 0 Å². The Morgan fingerprint density at radius 2 is 1.92 bits per heavy atom. The first-order valence-electron chi connectivity index (χ1n) is 7.45. The molecule has 1 aromatic carbocycles. The summed E-state index contributed by atoms with van der Waals surface area (Å²) in [6, 6.07) is 6.71. The first-order chi connectivity index (χ1) is 11.2. The summed E-state index contributed by atoms with van der Waals surface area (Å²) in [4.78, 5) is 18.2. The molecule has 1 aromatic rings. The van der Waals surface area contributed by atoms with Crippen molar-refractivity contribution in [3.8, 4) is 5.75 Å². The molecule has 0 saturated carbocycles. The van der Waals surface area contributed by atoms with Crippen molar-refractivity contribution in [3.05, 3.63) is 53.5 Å². The molecule has 0 saturated heterocycles. The molecular formula is C16H20NO6P. The van der Waals surface area contributed by atoms with Crippen LogP contribution in [0.5, 0.6) is 5.75 Å². The van der Waals surface area contributed by atoms with E-state index < -0.39 is 13.7 Å². The van der Waals surface area contributed by atoms with Gasteiger partial charge in [0.1, 0.15) is 17.3 Å². The van der Waals surface area contributed by atoms with Gasteiger partial charge in [-0.25, -0.2) is 4.57 Å². The van der Waals surface area contributed by atoms with Crippen molar-refractivity contribution in [2.24, 2.45) is 10.7 Å². The molecule has 7 nitrogen and oxygen atoms in total. The number of phenolic OH excluding ortho intramolecular Hbond substituents is 1. The first-order valence-corrected chi connectivity index (χ1v) is 9.02. The van der Waals surface area contributed by atoms with Crippen molar-refractivity contribution in [1.82, 2.24) is 0 Å². The predicted octanol–water partition coefficient (Wildman–Crippen LogP) is 3.32. The zero-order chi connectivity index (χ0) is 17.9. The second-order valence-corrected chi connectivity index (χ2v) is 6.89. The number of phenols is 1. The van der Waals surface area contributed by atoms with Gasteiger partial charge in [-0.2, -0.15) is 4.76 Å². The molecule has 0 heterocycles. The van der Waals surface area contributed by atoms with Crippen LogP contribution in [0.25, 0.3) is 0 Å². The molecule has 5 N–H and O–H groups in total. The van der Waals surface area contributed by atoms with Gasteiger partial charge >= 0.3 is 7.75 Å². The Morgan fingerprint density at radius 1 is 1.21 bits per heavy atom. The fourth-order valence-corrected chi connectivity index (χ4v) is 3.29. The summed E-state index contributed by atoms with van der Waals surface area (Å²) in [6.07, 6.45) is 3.29. The molecule has 2 unspecified atom stereocenters. The summed E-state index contributed by atoms with van der Waals surface area (Å²) in [5, 5.41) is 29.3. The van der Waals surface area contributed by atoms with Crippen LogP contribution in [0.15, 0.2) is 52.7 Å². The zero-order valence-corrected chi connectivity index (χ0v) is 14.0. The molecule has 1 aliphatic carbocycles. The van der Waals surface area contributed by atoms with Crippen molar-refractivity contribution in [2.45, 2.75) is 25.7 Å². The second kappa shape index (κ2) is 7.21. The van der Waals surface area contributed by atoms with E-state index in [9.17, 15) is 19.9 Å². The van der Waals surface area contributed by atoms with Gasteiger partial charge in [0.25, 0.3) is 0 Å². The summed E-state index contributed by atoms with van der Waals surface area (Å²) in [5.41, 5.74) is 0.777. The third-order valence-corrected chi connectivity index (χ3v) is 4.40. The minimum absolute atomic E-state index is 0.0700. The number of aliphatic hydroxyl groups excluding tert-OH is 2. The predicted molar refractivity (Wildman–Crippen MR) is 90.1 cm³/mol. The molecular weight excluding hydrogens is 333 g/mol. The van der Waals surface area contributed by atoms with E-state index in [2.05, 4.69) is 4.76 Å². The number of aliphatic hydroxyl groups is 2. The number of hydrogen-bond acceptors (Lipinski definition) is 4. The maximum absolute atomic E-state index is 11.2. The third-order valence-electron chi connectivity index (χ3n) is 3.91. The second-order valence-electron chi connectivity index (χ2n) is 5.66. The molecule has 0 fully saturated rings. The third kappa shape index (κ3) is 4.71. The van der Waals surface area contributed by atoms with E-state index in [1.807, 2.05) is 13.0 Å². The normalized spacial score (nSPS) is 21.3. The van der Waals surface area contributed by atoms with Crippen LogP contribution in [0.1, 0.15) is 31.2 Å². The van der Waals surface area contributed by atoms with Gasteiger partial charge < -0.3 is 25.1 Å². The van der Waals surface area contributed by atoms with Crippen LogP contribution in [0.3, 0.4) is 0 Å². The molecule has 0 aromatic heterocycles. The van der Waals surface area contributed by atoms with E-state index in [-0.39, 0.29) is 28.9 Å². The fourth-order valence-electron chi connectivity index (χ4n) is 2.79. The van der Waals surface area contributed by atoms with Crippen LogP contribution in [0, 0.1) is 5.92 Å². The van der Waals surface area contributed by atoms with Gasteiger partial charge in [0, 0.05) is 12.2 Å². The lowest BCUT2D eigenvalue weighted by atomic mass is 9.82. The molecule has 0 radical (unpaired) electrons. The largest absolute Gasteiger partial charge is 0.511 e. The lowest BCUT2D eigenvalue weighted by Crippen LogP contribution is -2.22. The Kier molecular flexibility index (Phi) is 5.49. The molecule has 0 bridgehead atoms. The molecule has 8 heteroatoms. The van der Waals surface area contributed by atoms with Gasteiger partial charge in [0.15, 0.2) is 0 Å². The topological polar surface area (TPSA) is 131 Å². The Balaban J connectivity index is 2.35. The summed E-state index contributed by atoms with van der Waals surface area (Å²) in [6.45, 7) is 1.94. The number of nitrogens with zero attached hydrogens (tertiary/aromatic N) is 1. The molecule has 2 atom stereocenters. The maximum Gasteiger partial charge on any atom is 0.448 e. The van der Waals surface area contributed by atoms with Gasteiger partial charge in [-0.05, 0) is 36.5 Å². The summed E-state index contributed by atoms with van der Waals surface area (Å²) >= 11 is 0. The van der Waals surface area contributed by atoms with Gasteiger partial charge in [-0.1, -0.05) is 19.1 Å². The monoisotopic (exact) mass is 353 g/mol. The number of aromatic hydroxyl groups is 1. The van der Waals surface area contributed by atoms with Crippen molar-refractivity contribution >= 4 is 13.5 Å². The highest BCUT2D eigenvalue weighted by molar-refractivity contribution is 7.50. The van der Waals surface area contributed by atoms with Crippen LogP contribution < -0.4 is 0 Å². The van der Waals surface area contributed by atoms with Gasteiger partial charge in [-0.3, -0.25) is 0 Å². The molecule has 2 rings (SSSR count). The smallest absolute Gasteiger partial charge is 0.448 e. The quantitative estimate of drug-likeness (QED) is 0.516. The van der Waals surface area contributed by atoms with E-state index in [0.29, 0.717) is 12.8 Å². The van der Waals surface area contributed by atoms with Crippen molar-refractivity contribution < 1.29 is 29.7 Å². The number of allylic oxidation sites excluding steroid dienone is 3. The van der Waals surface area contributed by atoms with Crippen LogP contribution >= 0.6 is 7.75 Å². The van der Waals surface area contributed by atoms with E-state index >= 15 is 0 Å². The lowest BCUT2D eigenvalue weighted by Gasteiger charge is -2.25. The lowest BCUT2D eigenvalue weighted by molar-refractivity contribution is 0.333. The average molecular weight is 353 g/mol. The minimum atomic E-state index is -4.70. The highest BCUT2D eigenvalue weighted by atomic mass is 31.2. The van der Waals surface area contributed by atoms with E-state index in [1.165, 1.54) is 0 Å². The van der Waals surface area contributed by atoms with Crippen LogP contribution in [-0.2, 0) is 4.57 Å². The molecule has 24 heavy (non-hydrogen) atoms. The Bertz CT molecular complexity index is 749. The zero-order valence-electron chi connectivity index (χ0n) is 13.1. The maximum atomic E-state index is 11.2. The summed E-state index contributed by atoms with van der Waals surface area (Å²) in [7, 11) is -4.70. The summed E-state index contributed by atoms with van der Waals surface area (Å²) in [5.74, 6) is -1.23. The van der Waals surface area contributed by atoms with Crippen LogP contribution in [-0.4, -0.2) is 30.8 Å². The van der Waals surface area contributed by atoms with E-state index in [4.69, 9.17) is 9.79 Å². The van der Waals surface area contributed by atoms with Crippen LogP contribution in [0.4, 0.5) is 0 Å². The Labute approximate surface area is 139 Å². The van der Waals surface area contributed by atoms with Gasteiger partial charge in [0.2, 0.25) is 0 Å². The SMILES string of the molecule is CCC(CC1C(O)=CC(O)=C/C1=N\P(=O)(O)O)c1cccc(O)c1. The molecule has 0 spiro atoms. The molecule has 0 amide bonds. The molecule has 1 aliphatic rings. The first kappa shape index (κ1) is 18.3. The number of benzene rings is 1. The van der Waals surface area contributed by atoms with Crippen molar-refractivity contribution in [1.29, 1.82) is 0 Å². The average Bonchev–Trinajstić information content (AvgIpc) is 2.45. The van der Waals surface area contributed by atoms with Crippen molar-refractivity contribution in [2.75, 3.05) is 0 Å². The summed E-state index contributed by atoms with van der Waals surface area (Å²) < 4.78 is 14.5. The number of hydrogen-bond donors (Lipinski definition) is 5. The highest BCUT2D eigenvalue weighted by Crippen LogP contribution is 2.40. The van der Waals surface area contributed by atoms with Gasteiger partial charge in [0.05, 0.1) is 11.6 Å². The highest BCUT2D eigenvalue weighted by Gasteiger charge is 2.29. The standard InChI is InChI=1S/C16H20NO6P/c1-2-10(11-4-3-5-12(18)6-11)7-14-15(17-24(21,22)23)8-13(19)9-16(14)20/h3-6,8-10,14,18-20H,2,7H2,1H3,(H2,21,22,23)/b17-15+. The van der Waals surface area contributed by atoms with E-state index in [0.717, 1.165) is 17.7 Å². The molecule has 130 valence electrons. The van der Waals surface area contributed by atoms with E-state index in [1.54, 1.807) is 18.2 Å². The molecule has 0 aliphatic heterocycles. The fraction of sp³-hybridized carbons (Fsp3) is 0.312. The van der Waals surface area contributed by atoms with Gasteiger partial charge in [-0.15, -0.1) is 0 Å². The van der Waals surface area contributed by atoms with Crippen molar-refractivity contribution in [3.63, 3.8) is 0 Å². The minimum Gasteiger partial charge on any atom is -0.511 e. The Hall–Kier alpha value is -2.08. The number of rotatable bonds is 5. The Morgan fingerprint density at radius 3 is 2.50 bits per heavy atom.